The average Bonchev–Trinajstić information content (AvgIpc) is 3.30. The van der Waals surface area contributed by atoms with E-state index in [-0.39, 0.29) is 11.9 Å². The molecule has 1 N–H and O–H groups in total. The Bertz CT molecular complexity index is 1520. The van der Waals surface area contributed by atoms with E-state index in [1.807, 2.05) is 24.9 Å². The van der Waals surface area contributed by atoms with Crippen molar-refractivity contribution in [1.29, 1.82) is 5.26 Å². The molecule has 11 nitrogen and oxygen atoms in total. The quantitative estimate of drug-likeness (QED) is 0.408. The normalized spacial score (nSPS) is 15.5. The van der Waals surface area contributed by atoms with E-state index in [9.17, 15) is 4.79 Å². The highest BCUT2D eigenvalue weighted by Crippen LogP contribution is 2.31. The Morgan fingerprint density at radius 3 is 2.79 bits per heavy atom. The van der Waals surface area contributed by atoms with E-state index in [1.54, 1.807) is 41.4 Å². The van der Waals surface area contributed by atoms with Gasteiger partial charge in [-0.1, -0.05) is 13.8 Å². The molecule has 1 aliphatic rings. The molecule has 0 saturated carbocycles. The summed E-state index contributed by atoms with van der Waals surface area (Å²) in [7, 11) is 1.85. The van der Waals surface area contributed by atoms with Gasteiger partial charge in [0, 0.05) is 25.9 Å². The van der Waals surface area contributed by atoms with Gasteiger partial charge in [0.1, 0.15) is 23.1 Å². The first kappa shape index (κ1) is 25.1. The number of hydrogen-bond donors (Lipinski definition) is 1. The summed E-state index contributed by atoms with van der Waals surface area (Å²) in [6.45, 7) is 7.66. The van der Waals surface area contributed by atoms with E-state index in [1.165, 1.54) is 6.20 Å². The van der Waals surface area contributed by atoms with E-state index in [0.29, 0.717) is 71.2 Å². The number of aromatic nitrogens is 5. The summed E-state index contributed by atoms with van der Waals surface area (Å²) in [5.74, 6) is 1.61. The Kier molecular flexibility index (Phi) is 6.89. The predicted molar refractivity (Wildman–Crippen MR) is 140 cm³/mol. The molecule has 11 heteroatoms. The second-order valence-electron chi connectivity index (χ2n) is 9.53. The van der Waals surface area contributed by atoms with Gasteiger partial charge in [0.2, 0.25) is 5.88 Å². The number of aryl methyl sites for hydroxylation is 2. The average molecular weight is 513 g/mol. The van der Waals surface area contributed by atoms with Crippen LogP contribution in [0, 0.1) is 24.2 Å². The van der Waals surface area contributed by atoms with Gasteiger partial charge >= 0.3 is 0 Å². The van der Waals surface area contributed by atoms with Crippen LogP contribution in [0.5, 0.6) is 11.6 Å². The van der Waals surface area contributed by atoms with Crippen LogP contribution in [0.15, 0.2) is 43.0 Å². The highest BCUT2D eigenvalue weighted by atomic mass is 16.5. The van der Waals surface area contributed by atoms with Gasteiger partial charge < -0.3 is 24.3 Å². The third-order valence-corrected chi connectivity index (χ3v) is 6.51. The minimum Gasteiger partial charge on any atom is -0.437 e. The second kappa shape index (κ2) is 10.4. The fraction of sp³-hybridized carbons (Fsp3) is 0.333. The topological polar surface area (TPSA) is 131 Å². The molecule has 1 atom stereocenters. The highest BCUT2D eigenvalue weighted by molar-refractivity contribution is 5.94. The van der Waals surface area contributed by atoms with E-state index >= 15 is 0 Å². The Hall–Kier alpha value is -4.56. The number of anilines is 2. The monoisotopic (exact) mass is 512 g/mol. The molecule has 0 radical (unpaired) electrons. The first-order valence-corrected chi connectivity index (χ1v) is 12.3. The van der Waals surface area contributed by atoms with Crippen molar-refractivity contribution in [3.8, 4) is 17.7 Å². The number of rotatable bonds is 6. The van der Waals surface area contributed by atoms with Gasteiger partial charge in [0.15, 0.2) is 11.4 Å². The van der Waals surface area contributed by atoms with Gasteiger partial charge in [0.25, 0.3) is 5.91 Å². The number of imidazole rings is 1. The van der Waals surface area contributed by atoms with Crippen LogP contribution in [-0.2, 0) is 11.8 Å². The fourth-order valence-corrected chi connectivity index (χ4v) is 4.37. The highest BCUT2D eigenvalue weighted by Gasteiger charge is 2.30. The molecule has 1 aliphatic heterocycles. The Labute approximate surface area is 220 Å². The van der Waals surface area contributed by atoms with Crippen LogP contribution >= 0.6 is 0 Å². The van der Waals surface area contributed by atoms with Crippen LogP contribution in [-0.4, -0.2) is 61.1 Å². The van der Waals surface area contributed by atoms with Crippen molar-refractivity contribution >= 4 is 28.6 Å². The zero-order chi connectivity index (χ0) is 26.8. The number of fused-ring (bicyclic) bond motifs is 1. The molecular weight excluding hydrogens is 484 g/mol. The number of carbonyl (C=O) groups is 1. The van der Waals surface area contributed by atoms with Crippen LogP contribution in [0.4, 0.5) is 11.5 Å². The Morgan fingerprint density at radius 1 is 1.24 bits per heavy atom. The molecule has 0 spiro atoms. The lowest BCUT2D eigenvalue weighted by Gasteiger charge is -2.38. The molecule has 1 fully saturated rings. The van der Waals surface area contributed by atoms with Crippen molar-refractivity contribution < 1.29 is 14.3 Å². The number of carbonyl (C=O) groups excluding carboxylic acids is 1. The van der Waals surface area contributed by atoms with Crippen molar-refractivity contribution in [3.63, 3.8) is 0 Å². The zero-order valence-corrected chi connectivity index (χ0v) is 21.7. The van der Waals surface area contributed by atoms with E-state index in [0.717, 1.165) is 5.56 Å². The number of hydrogen-bond acceptors (Lipinski definition) is 9. The van der Waals surface area contributed by atoms with Crippen LogP contribution in [0.2, 0.25) is 0 Å². The van der Waals surface area contributed by atoms with Crippen LogP contribution < -0.4 is 10.1 Å². The molecular formula is C27H28N8O3. The Morgan fingerprint density at radius 2 is 2.08 bits per heavy atom. The number of nitrogens with one attached hydrogen (secondary N) is 1. The molecule has 5 rings (SSSR count). The fourth-order valence-electron chi connectivity index (χ4n) is 4.37. The molecule has 4 aromatic rings. The molecule has 1 amide bonds. The lowest BCUT2D eigenvalue weighted by atomic mass is 10.0. The van der Waals surface area contributed by atoms with Crippen LogP contribution in [0.3, 0.4) is 0 Å². The molecule has 0 aliphatic carbocycles. The van der Waals surface area contributed by atoms with Crippen molar-refractivity contribution in [1.82, 2.24) is 29.4 Å². The van der Waals surface area contributed by atoms with Gasteiger partial charge in [-0.15, -0.1) is 0 Å². The smallest absolute Gasteiger partial charge is 0.255 e. The maximum absolute atomic E-state index is 13.2. The minimum atomic E-state index is -0.0517. The van der Waals surface area contributed by atoms with Gasteiger partial charge in [-0.2, -0.15) is 10.2 Å². The molecule has 0 bridgehead atoms. The van der Waals surface area contributed by atoms with Crippen molar-refractivity contribution in [2.75, 3.05) is 25.1 Å². The summed E-state index contributed by atoms with van der Waals surface area (Å²) < 4.78 is 13.4. The maximum atomic E-state index is 13.2. The number of morpholine rings is 1. The maximum Gasteiger partial charge on any atom is 0.255 e. The molecule has 38 heavy (non-hydrogen) atoms. The van der Waals surface area contributed by atoms with Gasteiger partial charge in [-0.25, -0.2) is 15.0 Å². The molecule has 4 aromatic heterocycles. The summed E-state index contributed by atoms with van der Waals surface area (Å²) in [4.78, 5) is 32.7. The largest absolute Gasteiger partial charge is 0.437 e. The van der Waals surface area contributed by atoms with Gasteiger partial charge in [-0.05, 0) is 36.6 Å². The summed E-state index contributed by atoms with van der Waals surface area (Å²) in [5.41, 5.74) is 3.50. The van der Waals surface area contributed by atoms with E-state index in [4.69, 9.17) is 14.7 Å². The third-order valence-electron chi connectivity index (χ3n) is 6.51. The summed E-state index contributed by atoms with van der Waals surface area (Å²) >= 11 is 0. The summed E-state index contributed by atoms with van der Waals surface area (Å²) in [5, 5.41) is 12.4. The van der Waals surface area contributed by atoms with Crippen LogP contribution in [0.25, 0.3) is 11.2 Å². The third kappa shape index (κ3) is 4.99. The number of nitriles is 1. The lowest BCUT2D eigenvalue weighted by molar-refractivity contribution is -0.0154. The van der Waals surface area contributed by atoms with Crippen LogP contribution in [0.1, 0.15) is 35.5 Å². The molecule has 0 aromatic carbocycles. The number of pyridine rings is 3. The standard InChI is InChI=1S/C27H28N8O3/c1-16(2)21-14-37-8-7-35(21)27(36)18-5-6-23(30-12-18)32-20-10-24(33-26-25(20)31-15-34(26)4)38-22-13-29-19(11-28)9-17(22)3/h5-6,9-10,12-13,15-16,21H,7-8,14H2,1-4H3,(H,30,32,33)/t21-/m0/s1. The SMILES string of the molecule is Cc1cc(C#N)ncc1Oc1cc(Nc2ccc(C(=O)N3CCOC[C@H]3C(C)C)cn2)c2ncn(C)c2n1. The zero-order valence-electron chi connectivity index (χ0n) is 21.7. The van der Waals surface area contributed by atoms with Crippen molar-refractivity contribution in [2.45, 2.75) is 26.8 Å². The summed E-state index contributed by atoms with van der Waals surface area (Å²) in [6.07, 6.45) is 4.76. The van der Waals surface area contributed by atoms with E-state index in [2.05, 4.69) is 39.1 Å². The van der Waals surface area contributed by atoms with Gasteiger partial charge in [-0.3, -0.25) is 4.79 Å². The molecule has 1 saturated heterocycles. The van der Waals surface area contributed by atoms with Crippen molar-refractivity contribution in [3.05, 3.63) is 59.8 Å². The predicted octanol–water partition coefficient (Wildman–Crippen LogP) is 3.97. The second-order valence-corrected chi connectivity index (χ2v) is 9.53. The molecule has 194 valence electrons. The number of amides is 1. The lowest BCUT2D eigenvalue weighted by Crippen LogP contribution is -2.51. The van der Waals surface area contributed by atoms with Gasteiger partial charge in [0.05, 0.1) is 43.0 Å². The van der Waals surface area contributed by atoms with Crippen molar-refractivity contribution in [2.24, 2.45) is 13.0 Å². The first-order chi connectivity index (χ1) is 18.3. The Balaban J connectivity index is 1.40. The summed E-state index contributed by atoms with van der Waals surface area (Å²) in [6, 6.07) is 8.98. The number of ether oxygens (including phenoxy) is 2. The van der Waals surface area contributed by atoms with E-state index < -0.39 is 0 Å². The minimum absolute atomic E-state index is 0.0386. The molecule has 5 heterocycles. The first-order valence-electron chi connectivity index (χ1n) is 12.3. The molecule has 0 unspecified atom stereocenters. The number of nitrogens with zero attached hydrogens (tertiary/aromatic N) is 7.